The Kier molecular flexibility index (Phi) is 8.04. The Bertz CT molecular complexity index is 1050. The van der Waals surface area contributed by atoms with Crippen molar-refractivity contribution in [1.29, 1.82) is 0 Å². The summed E-state index contributed by atoms with van der Waals surface area (Å²) in [6.07, 6.45) is 3.28. The van der Waals surface area contributed by atoms with Crippen molar-refractivity contribution < 1.29 is 22.7 Å². The largest absolute Gasteiger partial charge is 0.455 e. The number of carbonyl (C=O) groups excluding carboxylic acids is 2. The highest BCUT2D eigenvalue weighted by molar-refractivity contribution is 7.89. The molecule has 1 atom stereocenters. The minimum Gasteiger partial charge on any atom is -0.455 e. The van der Waals surface area contributed by atoms with Crippen LogP contribution in [0.15, 0.2) is 53.4 Å². The van der Waals surface area contributed by atoms with Gasteiger partial charge < -0.3 is 10.1 Å². The lowest BCUT2D eigenvalue weighted by atomic mass is 9.97. The van der Waals surface area contributed by atoms with Crippen molar-refractivity contribution in [2.24, 2.45) is 0 Å². The number of rotatable bonds is 8. The zero-order valence-corrected chi connectivity index (χ0v) is 19.4. The van der Waals surface area contributed by atoms with E-state index in [9.17, 15) is 18.0 Å². The summed E-state index contributed by atoms with van der Waals surface area (Å²) in [7, 11) is -3.63. The fourth-order valence-electron chi connectivity index (χ4n) is 3.86. The van der Waals surface area contributed by atoms with Crippen molar-refractivity contribution in [3.05, 3.63) is 59.7 Å². The van der Waals surface area contributed by atoms with Crippen LogP contribution in [0, 0.1) is 6.92 Å². The number of carbonyl (C=O) groups is 2. The first-order valence-corrected chi connectivity index (χ1v) is 12.4. The van der Waals surface area contributed by atoms with Gasteiger partial charge in [0, 0.05) is 18.8 Å². The van der Waals surface area contributed by atoms with Crippen molar-refractivity contribution in [2.75, 3.05) is 25.0 Å². The molecule has 8 heteroatoms. The molecule has 1 amide bonds. The Morgan fingerprint density at radius 1 is 1.06 bits per heavy atom. The van der Waals surface area contributed by atoms with E-state index in [-0.39, 0.29) is 4.90 Å². The van der Waals surface area contributed by atoms with Gasteiger partial charge in [-0.1, -0.05) is 49.7 Å². The van der Waals surface area contributed by atoms with E-state index in [0.29, 0.717) is 30.8 Å². The van der Waals surface area contributed by atoms with Gasteiger partial charge in [0.15, 0.2) is 6.61 Å². The summed E-state index contributed by atoms with van der Waals surface area (Å²) >= 11 is 0. The second kappa shape index (κ2) is 10.7. The molecule has 2 aromatic carbocycles. The van der Waals surface area contributed by atoms with E-state index in [1.165, 1.54) is 10.4 Å². The van der Waals surface area contributed by atoms with Gasteiger partial charge in [-0.3, -0.25) is 9.59 Å². The van der Waals surface area contributed by atoms with Crippen LogP contribution in [0.2, 0.25) is 0 Å². The number of nitrogens with zero attached hydrogens (tertiary/aromatic N) is 1. The van der Waals surface area contributed by atoms with Gasteiger partial charge >= 0.3 is 5.97 Å². The highest BCUT2D eigenvalue weighted by Gasteiger charge is 2.28. The summed E-state index contributed by atoms with van der Waals surface area (Å²) in [4.78, 5) is 25.0. The molecule has 32 heavy (non-hydrogen) atoms. The minimum absolute atomic E-state index is 0.185. The van der Waals surface area contributed by atoms with Gasteiger partial charge in [0.2, 0.25) is 10.0 Å². The smallest absolute Gasteiger partial charge is 0.313 e. The predicted octanol–water partition coefficient (Wildman–Crippen LogP) is 3.85. The Balaban J connectivity index is 1.64. The number of piperidine rings is 1. The summed E-state index contributed by atoms with van der Waals surface area (Å²) < 4.78 is 32.8. The molecule has 1 N–H and O–H groups in total. The van der Waals surface area contributed by atoms with Gasteiger partial charge in [0.1, 0.15) is 0 Å². The number of aryl methyl sites for hydroxylation is 1. The fourth-order valence-corrected chi connectivity index (χ4v) is 5.63. The molecule has 0 radical (unpaired) electrons. The normalized spacial score (nSPS) is 15.7. The van der Waals surface area contributed by atoms with Gasteiger partial charge in [-0.25, -0.2) is 8.42 Å². The van der Waals surface area contributed by atoms with E-state index in [1.807, 2.05) is 37.3 Å². The van der Waals surface area contributed by atoms with Crippen molar-refractivity contribution in [3.63, 3.8) is 0 Å². The molecule has 0 bridgehead atoms. The third-order valence-electron chi connectivity index (χ3n) is 5.64. The molecule has 1 aliphatic heterocycles. The number of sulfonamides is 1. The van der Waals surface area contributed by atoms with E-state index in [0.717, 1.165) is 24.8 Å². The molecular weight excluding hydrogens is 428 g/mol. The number of amides is 1. The van der Waals surface area contributed by atoms with Crippen LogP contribution in [0.1, 0.15) is 49.7 Å². The number of hydrogen-bond donors (Lipinski definition) is 1. The summed E-state index contributed by atoms with van der Waals surface area (Å²) in [5.74, 6) is -1.43. The lowest BCUT2D eigenvalue weighted by Crippen LogP contribution is -2.36. The molecule has 172 valence electrons. The van der Waals surface area contributed by atoms with E-state index >= 15 is 0 Å². The van der Waals surface area contributed by atoms with Crippen LogP contribution in [0.4, 0.5) is 5.69 Å². The van der Waals surface area contributed by atoms with Crippen LogP contribution in [0.3, 0.4) is 0 Å². The Morgan fingerprint density at radius 3 is 2.41 bits per heavy atom. The standard InChI is InChI=1S/C24H30N2O5S/c1-3-21(19-10-6-4-7-11-19)24(28)31-17-23(27)25-20-13-12-18(2)22(16-20)32(29,30)26-14-8-5-9-15-26/h4,6-7,10-13,16,21H,3,5,8-9,14-15,17H2,1-2H3,(H,25,27). The van der Waals surface area contributed by atoms with Crippen LogP contribution in [-0.4, -0.2) is 44.3 Å². The fraction of sp³-hybridized carbons (Fsp3) is 0.417. The second-order valence-electron chi connectivity index (χ2n) is 7.97. The third-order valence-corrected chi connectivity index (χ3v) is 7.69. The number of ether oxygens (including phenoxy) is 1. The predicted molar refractivity (Wildman–Crippen MR) is 123 cm³/mol. The first-order chi connectivity index (χ1) is 15.3. The zero-order chi connectivity index (χ0) is 23.1. The molecule has 0 aliphatic carbocycles. The molecule has 0 saturated carbocycles. The molecule has 3 rings (SSSR count). The molecule has 1 fully saturated rings. The number of anilines is 1. The molecule has 0 aromatic heterocycles. The van der Waals surface area contributed by atoms with Crippen molar-refractivity contribution >= 4 is 27.6 Å². The third kappa shape index (κ3) is 5.75. The monoisotopic (exact) mass is 458 g/mol. The van der Waals surface area contributed by atoms with Gasteiger partial charge in [-0.15, -0.1) is 0 Å². The topological polar surface area (TPSA) is 92.8 Å². The van der Waals surface area contributed by atoms with Crippen LogP contribution in [-0.2, 0) is 24.3 Å². The maximum Gasteiger partial charge on any atom is 0.313 e. The van der Waals surface area contributed by atoms with Crippen LogP contribution >= 0.6 is 0 Å². The van der Waals surface area contributed by atoms with Crippen molar-refractivity contribution in [2.45, 2.75) is 50.3 Å². The average molecular weight is 459 g/mol. The summed E-state index contributed by atoms with van der Waals surface area (Å²) in [6.45, 7) is 4.20. The maximum absolute atomic E-state index is 13.0. The molecule has 0 spiro atoms. The van der Waals surface area contributed by atoms with Gasteiger partial charge in [-0.2, -0.15) is 4.31 Å². The Morgan fingerprint density at radius 2 is 1.75 bits per heavy atom. The lowest BCUT2D eigenvalue weighted by molar-refractivity contribution is -0.149. The highest BCUT2D eigenvalue weighted by atomic mass is 32.2. The van der Waals surface area contributed by atoms with E-state index in [4.69, 9.17) is 4.74 Å². The number of nitrogens with one attached hydrogen (secondary N) is 1. The molecule has 1 unspecified atom stereocenters. The Hall–Kier alpha value is -2.71. The quantitative estimate of drug-likeness (QED) is 0.607. The molecule has 1 heterocycles. The first kappa shape index (κ1) is 23.9. The zero-order valence-electron chi connectivity index (χ0n) is 18.5. The van der Waals surface area contributed by atoms with Crippen molar-refractivity contribution in [1.82, 2.24) is 4.31 Å². The van der Waals surface area contributed by atoms with E-state index in [1.54, 1.807) is 19.1 Å². The van der Waals surface area contributed by atoms with Gasteiger partial charge in [0.25, 0.3) is 5.91 Å². The van der Waals surface area contributed by atoms with Crippen LogP contribution < -0.4 is 5.32 Å². The van der Waals surface area contributed by atoms with E-state index in [2.05, 4.69) is 5.32 Å². The van der Waals surface area contributed by atoms with Crippen LogP contribution in [0.5, 0.6) is 0 Å². The molecule has 7 nitrogen and oxygen atoms in total. The first-order valence-electron chi connectivity index (χ1n) is 10.9. The van der Waals surface area contributed by atoms with Crippen LogP contribution in [0.25, 0.3) is 0 Å². The van der Waals surface area contributed by atoms with Crippen molar-refractivity contribution in [3.8, 4) is 0 Å². The molecule has 2 aromatic rings. The average Bonchev–Trinajstić information content (AvgIpc) is 2.80. The van der Waals surface area contributed by atoms with Gasteiger partial charge in [-0.05, 0) is 49.4 Å². The minimum atomic E-state index is -3.63. The second-order valence-corrected chi connectivity index (χ2v) is 9.88. The number of esters is 1. The SMILES string of the molecule is CCC(C(=O)OCC(=O)Nc1ccc(C)c(S(=O)(=O)N2CCCCC2)c1)c1ccccc1. The number of benzene rings is 2. The summed E-state index contributed by atoms with van der Waals surface area (Å²) in [5, 5.41) is 2.64. The van der Waals surface area contributed by atoms with E-state index < -0.39 is 34.4 Å². The molecule has 1 saturated heterocycles. The maximum atomic E-state index is 13.0. The summed E-state index contributed by atoms with van der Waals surface area (Å²) in [6, 6.07) is 14.1. The highest BCUT2D eigenvalue weighted by Crippen LogP contribution is 2.26. The Labute approximate surface area is 189 Å². The lowest BCUT2D eigenvalue weighted by Gasteiger charge is -2.26. The summed E-state index contributed by atoms with van der Waals surface area (Å²) in [5.41, 5.74) is 1.81. The van der Waals surface area contributed by atoms with Gasteiger partial charge in [0.05, 0.1) is 10.8 Å². The molecule has 1 aliphatic rings. The number of hydrogen-bond acceptors (Lipinski definition) is 5. The molecular formula is C24H30N2O5S.